The summed E-state index contributed by atoms with van der Waals surface area (Å²) >= 11 is 1.73. The SMILES string of the molecule is CC(C)(P)C(C)(C)O[B]c1c(C=O)cccc1SCCCOCc1ccccc1. The van der Waals surface area contributed by atoms with Crippen LogP contribution in [0.3, 0.4) is 0 Å². The Kier molecular flexibility index (Phi) is 9.42. The van der Waals surface area contributed by atoms with Crippen molar-refractivity contribution in [1.29, 1.82) is 0 Å². The van der Waals surface area contributed by atoms with Gasteiger partial charge < -0.3 is 9.39 Å². The molecule has 0 saturated carbocycles. The molecule has 2 aromatic carbocycles. The molecule has 1 atom stereocenters. The number of ether oxygens (including phenoxy) is 1. The number of hydrogen-bond donors (Lipinski definition) is 0. The van der Waals surface area contributed by atoms with Crippen LogP contribution in [0, 0.1) is 0 Å². The highest BCUT2D eigenvalue weighted by atomic mass is 32.2. The third-order valence-corrected chi connectivity index (χ3v) is 6.91. The van der Waals surface area contributed by atoms with Crippen molar-refractivity contribution in [3.05, 3.63) is 59.7 Å². The Labute approximate surface area is 182 Å². The van der Waals surface area contributed by atoms with Crippen molar-refractivity contribution in [2.75, 3.05) is 12.4 Å². The molecule has 2 rings (SSSR count). The summed E-state index contributed by atoms with van der Waals surface area (Å²) in [5.74, 6) is 0.913. The van der Waals surface area contributed by atoms with E-state index in [9.17, 15) is 4.79 Å². The van der Waals surface area contributed by atoms with Crippen LogP contribution in [0.2, 0.25) is 0 Å². The highest BCUT2D eigenvalue weighted by Crippen LogP contribution is 2.33. The topological polar surface area (TPSA) is 35.5 Å². The molecule has 0 amide bonds. The van der Waals surface area contributed by atoms with Crippen molar-refractivity contribution in [3.63, 3.8) is 0 Å². The molecule has 0 saturated heterocycles. The lowest BCUT2D eigenvalue weighted by Gasteiger charge is -2.39. The first-order valence-corrected chi connectivity index (χ1v) is 11.4. The minimum Gasteiger partial charge on any atom is -0.429 e. The second-order valence-electron chi connectivity index (χ2n) is 8.08. The van der Waals surface area contributed by atoms with Gasteiger partial charge in [-0.15, -0.1) is 21.0 Å². The largest absolute Gasteiger partial charge is 0.429 e. The molecule has 29 heavy (non-hydrogen) atoms. The minimum absolute atomic E-state index is 0.108. The molecule has 1 radical (unpaired) electrons. The maximum absolute atomic E-state index is 11.5. The monoisotopic (exact) mass is 429 g/mol. The lowest BCUT2D eigenvalue weighted by Crippen LogP contribution is -2.45. The number of thioether (sulfide) groups is 1. The Hall–Kier alpha value is -1.13. The van der Waals surface area contributed by atoms with E-state index in [1.165, 1.54) is 5.56 Å². The Bertz CT molecular complexity index is 775. The predicted molar refractivity (Wildman–Crippen MR) is 128 cm³/mol. The number of benzene rings is 2. The highest BCUT2D eigenvalue weighted by molar-refractivity contribution is 7.99. The fourth-order valence-corrected chi connectivity index (χ4v) is 3.43. The second-order valence-corrected chi connectivity index (χ2v) is 10.7. The summed E-state index contributed by atoms with van der Waals surface area (Å²) < 4.78 is 11.9. The third kappa shape index (κ3) is 7.57. The Morgan fingerprint density at radius 3 is 2.45 bits per heavy atom. The van der Waals surface area contributed by atoms with Crippen molar-refractivity contribution < 1.29 is 14.2 Å². The van der Waals surface area contributed by atoms with Gasteiger partial charge in [0.15, 0.2) is 0 Å². The van der Waals surface area contributed by atoms with E-state index in [1.807, 2.05) is 36.4 Å². The predicted octanol–water partition coefficient (Wildman–Crippen LogP) is 4.89. The van der Waals surface area contributed by atoms with Gasteiger partial charge in [0.25, 0.3) is 0 Å². The van der Waals surface area contributed by atoms with Gasteiger partial charge >= 0.3 is 7.48 Å². The van der Waals surface area contributed by atoms with E-state index in [1.54, 1.807) is 19.2 Å². The van der Waals surface area contributed by atoms with Gasteiger partial charge in [0.2, 0.25) is 0 Å². The molecular weight excluding hydrogens is 398 g/mol. The first-order valence-electron chi connectivity index (χ1n) is 9.87. The third-order valence-electron chi connectivity index (χ3n) is 5.05. The van der Waals surface area contributed by atoms with Gasteiger partial charge in [0.1, 0.15) is 6.29 Å². The summed E-state index contributed by atoms with van der Waals surface area (Å²) in [6.07, 6.45) is 1.83. The number of carbonyl (C=O) groups excluding carboxylic acids is 1. The molecule has 1 unspecified atom stereocenters. The second kappa shape index (κ2) is 11.3. The van der Waals surface area contributed by atoms with E-state index in [0.717, 1.165) is 28.8 Å². The van der Waals surface area contributed by atoms with Crippen molar-refractivity contribution in [3.8, 4) is 0 Å². The molecule has 0 aliphatic heterocycles. The zero-order chi connectivity index (χ0) is 21.3. The first-order chi connectivity index (χ1) is 13.7. The van der Waals surface area contributed by atoms with Crippen molar-refractivity contribution in [2.45, 2.75) is 56.4 Å². The van der Waals surface area contributed by atoms with E-state index < -0.39 is 0 Å². The molecular formula is C23H31BO3PS. The van der Waals surface area contributed by atoms with Gasteiger partial charge in [-0.3, -0.25) is 4.79 Å². The number of hydrogen-bond acceptors (Lipinski definition) is 4. The zero-order valence-electron chi connectivity index (χ0n) is 17.8. The zero-order valence-corrected chi connectivity index (χ0v) is 19.8. The first kappa shape index (κ1) is 24.1. The van der Waals surface area contributed by atoms with E-state index in [2.05, 4.69) is 49.1 Å². The van der Waals surface area contributed by atoms with Crippen LogP contribution in [0.1, 0.15) is 50.0 Å². The molecule has 3 nitrogen and oxygen atoms in total. The molecule has 0 N–H and O–H groups in total. The molecule has 0 aliphatic rings. The Morgan fingerprint density at radius 1 is 1.07 bits per heavy atom. The van der Waals surface area contributed by atoms with E-state index in [0.29, 0.717) is 18.8 Å². The van der Waals surface area contributed by atoms with E-state index in [4.69, 9.17) is 9.39 Å². The van der Waals surface area contributed by atoms with Gasteiger partial charge in [-0.05, 0) is 37.4 Å². The van der Waals surface area contributed by atoms with Gasteiger partial charge in [-0.1, -0.05) is 56.3 Å². The molecule has 0 heterocycles. The maximum atomic E-state index is 11.5. The highest BCUT2D eigenvalue weighted by Gasteiger charge is 2.34. The Morgan fingerprint density at radius 2 is 1.79 bits per heavy atom. The van der Waals surface area contributed by atoms with Crippen molar-refractivity contribution in [1.82, 2.24) is 0 Å². The number of rotatable bonds is 12. The summed E-state index contributed by atoms with van der Waals surface area (Å²) in [6.45, 7) is 9.68. The van der Waals surface area contributed by atoms with Crippen LogP contribution in [0.15, 0.2) is 53.4 Å². The van der Waals surface area contributed by atoms with E-state index in [-0.39, 0.29) is 10.8 Å². The van der Waals surface area contributed by atoms with Crippen LogP contribution in [-0.2, 0) is 16.0 Å². The summed E-state index contributed by atoms with van der Waals surface area (Å²) in [4.78, 5) is 12.6. The van der Waals surface area contributed by atoms with Gasteiger partial charge in [-0.25, -0.2) is 0 Å². The molecule has 0 spiro atoms. The average Bonchev–Trinajstić information content (AvgIpc) is 2.69. The summed E-state index contributed by atoms with van der Waals surface area (Å²) in [7, 11) is 4.57. The van der Waals surface area contributed by atoms with Crippen LogP contribution in [-0.4, -0.2) is 36.9 Å². The minimum atomic E-state index is -0.388. The van der Waals surface area contributed by atoms with Crippen LogP contribution in [0.25, 0.3) is 0 Å². The summed E-state index contributed by atoms with van der Waals surface area (Å²) in [5.41, 5.74) is 2.29. The fraction of sp³-hybridized carbons (Fsp3) is 0.435. The fourth-order valence-electron chi connectivity index (χ4n) is 2.38. The normalized spacial score (nSPS) is 12.0. The smallest absolute Gasteiger partial charge is 0.332 e. The van der Waals surface area contributed by atoms with Gasteiger partial charge in [0, 0.05) is 28.0 Å². The van der Waals surface area contributed by atoms with Crippen molar-refractivity contribution >= 4 is 40.2 Å². The number of carbonyl (C=O) groups is 1. The van der Waals surface area contributed by atoms with Crippen LogP contribution >= 0.6 is 21.0 Å². The lowest BCUT2D eigenvalue weighted by molar-refractivity contribution is 0.0839. The van der Waals surface area contributed by atoms with Gasteiger partial charge in [-0.2, -0.15) is 0 Å². The Balaban J connectivity index is 1.89. The molecule has 0 aliphatic carbocycles. The van der Waals surface area contributed by atoms with Crippen LogP contribution in [0.5, 0.6) is 0 Å². The van der Waals surface area contributed by atoms with E-state index >= 15 is 0 Å². The average molecular weight is 429 g/mol. The summed E-state index contributed by atoms with van der Waals surface area (Å²) in [6, 6.07) is 16.0. The molecule has 6 heteroatoms. The lowest BCUT2D eigenvalue weighted by atomic mass is 9.81. The molecule has 155 valence electrons. The van der Waals surface area contributed by atoms with Gasteiger partial charge in [0.05, 0.1) is 12.2 Å². The molecule has 0 bridgehead atoms. The van der Waals surface area contributed by atoms with Crippen LogP contribution < -0.4 is 5.46 Å². The molecule has 2 aromatic rings. The molecule has 0 aromatic heterocycles. The summed E-state index contributed by atoms with van der Waals surface area (Å²) in [5, 5.41) is -0.108. The van der Waals surface area contributed by atoms with Crippen molar-refractivity contribution in [2.24, 2.45) is 0 Å². The number of aldehydes is 1. The standard InChI is InChI=1S/C23H31BO3PS/c1-22(2,23(3,4)28)27-24-21-19(16-25)12-8-13-20(21)29-15-9-14-26-17-18-10-6-5-7-11-18/h5-8,10-13,16H,9,14-15,17,28H2,1-4H3. The van der Waals surface area contributed by atoms with Crippen LogP contribution in [0.4, 0.5) is 0 Å². The quantitative estimate of drug-likeness (QED) is 0.158. The molecule has 0 fully saturated rings. The maximum Gasteiger partial charge on any atom is 0.332 e.